The smallest absolute Gasteiger partial charge is 0.420 e. The zero-order valence-electron chi connectivity index (χ0n) is 21.0. The van der Waals surface area contributed by atoms with Gasteiger partial charge in [-0.2, -0.15) is 13.2 Å². The van der Waals surface area contributed by atoms with Gasteiger partial charge >= 0.3 is 6.18 Å². The summed E-state index contributed by atoms with van der Waals surface area (Å²) in [5.41, 5.74) is 1.15. The third-order valence-corrected chi connectivity index (χ3v) is 8.04. The van der Waals surface area contributed by atoms with E-state index in [0.29, 0.717) is 29.5 Å². The lowest BCUT2D eigenvalue weighted by Crippen LogP contribution is -2.43. The molecule has 0 unspecified atom stereocenters. The Morgan fingerprint density at radius 3 is 2.62 bits per heavy atom. The number of hydrogen-bond acceptors (Lipinski definition) is 5. The molecule has 4 aromatic rings. The predicted octanol–water partition coefficient (Wildman–Crippen LogP) is 6.25. The average molecular weight is 510 g/mol. The van der Waals surface area contributed by atoms with Gasteiger partial charge in [-0.05, 0) is 79.5 Å². The summed E-state index contributed by atoms with van der Waals surface area (Å²) >= 11 is 0. The monoisotopic (exact) mass is 509 g/mol. The Morgan fingerprint density at radius 2 is 1.97 bits per heavy atom. The number of alkyl halides is 3. The van der Waals surface area contributed by atoms with Gasteiger partial charge in [-0.25, -0.2) is 4.98 Å². The summed E-state index contributed by atoms with van der Waals surface area (Å²) in [7, 11) is 1.93. The maximum absolute atomic E-state index is 14.0. The van der Waals surface area contributed by atoms with Gasteiger partial charge in [0.25, 0.3) is 0 Å². The first-order chi connectivity index (χ1) is 17.7. The van der Waals surface area contributed by atoms with E-state index in [-0.39, 0.29) is 22.4 Å². The number of nitrogens with zero attached hydrogens (tertiary/aromatic N) is 4. The largest absolute Gasteiger partial charge is 0.435 e. The second kappa shape index (κ2) is 8.97. The van der Waals surface area contributed by atoms with Crippen molar-refractivity contribution in [3.05, 3.63) is 65.2 Å². The minimum absolute atomic E-state index is 0.183. The highest BCUT2D eigenvalue weighted by molar-refractivity contribution is 5.81. The van der Waals surface area contributed by atoms with Gasteiger partial charge in [0.2, 0.25) is 5.89 Å². The molecule has 0 spiro atoms. The quantitative estimate of drug-likeness (QED) is 0.319. The second-order valence-corrected chi connectivity index (χ2v) is 10.9. The Bertz CT molecular complexity index is 1430. The molecule has 0 saturated heterocycles. The summed E-state index contributed by atoms with van der Waals surface area (Å²) in [5.74, 6) is 2.23. The molecule has 2 saturated carbocycles. The molecule has 2 fully saturated rings. The number of nitrogens with one attached hydrogen (secondary N) is 1. The molecule has 0 radical (unpaired) electrons. The minimum Gasteiger partial charge on any atom is -0.435 e. The zero-order valence-corrected chi connectivity index (χ0v) is 21.0. The predicted molar refractivity (Wildman–Crippen MR) is 134 cm³/mol. The molecule has 0 bridgehead atoms. The van der Waals surface area contributed by atoms with E-state index < -0.39 is 11.7 Å². The molecule has 0 aliphatic heterocycles. The van der Waals surface area contributed by atoms with Crippen molar-refractivity contribution >= 4 is 11.1 Å². The molecule has 2 aliphatic rings. The normalized spacial score (nSPS) is 22.2. The SMILES string of the molecule is CC1CC(c2cccc(-c3nc4cc(CNCC5CCC5)cc(C(F)(F)F)c4o3)c2)(c2nncn2C)C1. The van der Waals surface area contributed by atoms with Crippen LogP contribution in [0.15, 0.2) is 47.1 Å². The Morgan fingerprint density at radius 1 is 1.16 bits per heavy atom. The van der Waals surface area contributed by atoms with Crippen LogP contribution in [-0.4, -0.2) is 26.3 Å². The fourth-order valence-corrected chi connectivity index (χ4v) is 5.99. The summed E-state index contributed by atoms with van der Waals surface area (Å²) in [5, 5.41) is 11.8. The van der Waals surface area contributed by atoms with Crippen LogP contribution in [0.3, 0.4) is 0 Å². The van der Waals surface area contributed by atoms with Crippen molar-refractivity contribution in [1.82, 2.24) is 25.1 Å². The maximum Gasteiger partial charge on any atom is 0.420 e. The zero-order chi connectivity index (χ0) is 25.8. The first kappa shape index (κ1) is 24.2. The van der Waals surface area contributed by atoms with Crippen molar-refractivity contribution in [3.8, 4) is 11.5 Å². The molecule has 2 aromatic heterocycles. The lowest BCUT2D eigenvalue weighted by atomic mass is 9.58. The van der Waals surface area contributed by atoms with Crippen LogP contribution in [0, 0.1) is 11.8 Å². The number of hydrogen-bond donors (Lipinski definition) is 1. The molecule has 2 aliphatic carbocycles. The Labute approximate surface area is 213 Å². The van der Waals surface area contributed by atoms with E-state index in [1.807, 2.05) is 35.9 Å². The van der Waals surface area contributed by atoms with Crippen molar-refractivity contribution in [3.63, 3.8) is 0 Å². The molecule has 194 valence electrons. The van der Waals surface area contributed by atoms with Crippen LogP contribution in [-0.2, 0) is 25.2 Å². The van der Waals surface area contributed by atoms with Gasteiger partial charge in [-0.1, -0.05) is 25.5 Å². The molecule has 2 heterocycles. The fourth-order valence-electron chi connectivity index (χ4n) is 5.99. The molecule has 1 N–H and O–H groups in total. The number of aromatic nitrogens is 4. The molecule has 2 aromatic carbocycles. The van der Waals surface area contributed by atoms with Crippen LogP contribution in [0.5, 0.6) is 0 Å². The van der Waals surface area contributed by atoms with Crippen LogP contribution in [0.2, 0.25) is 0 Å². The van der Waals surface area contributed by atoms with Crippen LogP contribution in [0.1, 0.15) is 61.5 Å². The number of halogens is 3. The van der Waals surface area contributed by atoms with Gasteiger partial charge in [0.15, 0.2) is 5.58 Å². The van der Waals surface area contributed by atoms with Gasteiger partial charge in [-0.15, -0.1) is 10.2 Å². The number of aryl methyl sites for hydroxylation is 1. The van der Waals surface area contributed by atoms with Crippen LogP contribution in [0.25, 0.3) is 22.6 Å². The molecule has 37 heavy (non-hydrogen) atoms. The molecule has 6 rings (SSSR count). The van der Waals surface area contributed by atoms with E-state index in [1.54, 1.807) is 12.4 Å². The van der Waals surface area contributed by atoms with Crippen LogP contribution >= 0.6 is 0 Å². The highest BCUT2D eigenvalue weighted by Crippen LogP contribution is 2.52. The van der Waals surface area contributed by atoms with E-state index in [4.69, 9.17) is 4.42 Å². The van der Waals surface area contributed by atoms with E-state index in [1.165, 1.54) is 25.3 Å². The number of benzene rings is 2. The van der Waals surface area contributed by atoms with Gasteiger partial charge in [0.05, 0.1) is 5.41 Å². The maximum atomic E-state index is 14.0. The highest BCUT2D eigenvalue weighted by atomic mass is 19.4. The Balaban J connectivity index is 1.36. The fraction of sp³-hybridized carbons (Fsp3) is 0.464. The summed E-state index contributed by atoms with van der Waals surface area (Å²) in [6, 6.07) is 10.6. The topological polar surface area (TPSA) is 68.8 Å². The number of fused-ring (bicyclic) bond motifs is 1. The number of rotatable bonds is 7. The molecule has 6 nitrogen and oxygen atoms in total. The van der Waals surface area contributed by atoms with Crippen molar-refractivity contribution in [2.24, 2.45) is 18.9 Å². The standard InChI is InChI=1S/C28H30F3N5O/c1-17-12-27(13-17,26-35-33-16-36(26)2)21-8-4-7-20(11-21)25-34-23-10-19(15-32-14-18-5-3-6-18)9-22(24(23)37-25)28(29,30)31/h4,7-11,16-18,32H,3,5-6,12-15H2,1-2H3. The summed E-state index contributed by atoms with van der Waals surface area (Å²) in [6.07, 6.45) is 2.60. The summed E-state index contributed by atoms with van der Waals surface area (Å²) in [6.45, 7) is 3.39. The third kappa shape index (κ3) is 4.33. The van der Waals surface area contributed by atoms with E-state index >= 15 is 0 Å². The highest BCUT2D eigenvalue weighted by Gasteiger charge is 2.48. The van der Waals surface area contributed by atoms with Gasteiger partial charge in [0.1, 0.15) is 23.2 Å². The van der Waals surface area contributed by atoms with Crippen LogP contribution < -0.4 is 5.32 Å². The Kier molecular flexibility index (Phi) is 5.86. The molecular weight excluding hydrogens is 479 g/mol. The van der Waals surface area contributed by atoms with Crippen molar-refractivity contribution in [1.29, 1.82) is 0 Å². The van der Waals surface area contributed by atoms with Crippen LogP contribution in [0.4, 0.5) is 13.2 Å². The lowest BCUT2D eigenvalue weighted by molar-refractivity contribution is -0.136. The molecule has 0 amide bonds. The van der Waals surface area contributed by atoms with Gasteiger partial charge < -0.3 is 14.3 Å². The molecule has 0 atom stereocenters. The minimum atomic E-state index is -4.54. The first-order valence-electron chi connectivity index (χ1n) is 12.9. The Hall–Kier alpha value is -3.20. The second-order valence-electron chi connectivity index (χ2n) is 10.9. The van der Waals surface area contributed by atoms with Crippen molar-refractivity contribution in [2.45, 2.75) is 57.2 Å². The number of oxazole rings is 1. The van der Waals surface area contributed by atoms with Gasteiger partial charge in [0, 0.05) is 19.2 Å². The van der Waals surface area contributed by atoms with Gasteiger partial charge in [-0.3, -0.25) is 0 Å². The van der Waals surface area contributed by atoms with Crippen molar-refractivity contribution in [2.75, 3.05) is 6.54 Å². The van der Waals surface area contributed by atoms with E-state index in [0.717, 1.165) is 30.8 Å². The van der Waals surface area contributed by atoms with Crippen molar-refractivity contribution < 1.29 is 17.6 Å². The third-order valence-electron chi connectivity index (χ3n) is 8.04. The lowest BCUT2D eigenvalue weighted by Gasteiger charge is -2.46. The average Bonchev–Trinajstić information content (AvgIpc) is 3.43. The molecule has 9 heteroatoms. The first-order valence-corrected chi connectivity index (χ1v) is 12.9. The summed E-state index contributed by atoms with van der Waals surface area (Å²) < 4.78 is 49.8. The van der Waals surface area contributed by atoms with E-state index in [9.17, 15) is 13.2 Å². The van der Waals surface area contributed by atoms with E-state index in [2.05, 4.69) is 27.4 Å². The summed E-state index contributed by atoms with van der Waals surface area (Å²) in [4.78, 5) is 4.52. The molecular formula is C28H30F3N5O.